The number of allylic oxidation sites excluding steroid dienone is 10. The standard InChI is InChI=1S/C45H82NO7P/c1-3-5-7-9-11-13-15-17-19-21-23-25-27-29-31-33-35-37-40-50-42-44(43-52-54(48,49)51-41-39-46)53-45(47)38-36-34-32-30-28-26-24-22-20-18-16-14-12-10-8-6-4-2/h5,7,11,13,17,19,23,25,29,31,44H,3-4,6,8-10,12,14-16,18,20-22,24,26-28,30,32-43,46H2,1-2H3,(H,48,49)/b7-5-,13-11-,19-17-,25-23-,31-29-. The molecule has 0 spiro atoms. The van der Waals surface area contributed by atoms with Gasteiger partial charge in [-0.2, -0.15) is 0 Å². The lowest BCUT2D eigenvalue weighted by atomic mass is 10.0. The molecule has 2 unspecified atom stereocenters. The Hall–Kier alpha value is -1.80. The van der Waals surface area contributed by atoms with Gasteiger partial charge in [0.15, 0.2) is 0 Å². The van der Waals surface area contributed by atoms with Gasteiger partial charge in [0.1, 0.15) is 6.10 Å². The van der Waals surface area contributed by atoms with Crippen LogP contribution < -0.4 is 5.73 Å². The molecule has 314 valence electrons. The third kappa shape index (κ3) is 41.4. The molecule has 9 heteroatoms. The Balaban J connectivity index is 4.11. The summed E-state index contributed by atoms with van der Waals surface area (Å²) in [5.41, 5.74) is 5.37. The van der Waals surface area contributed by atoms with E-state index in [1.807, 2.05) is 0 Å². The van der Waals surface area contributed by atoms with E-state index in [9.17, 15) is 14.3 Å². The Labute approximate surface area is 332 Å². The van der Waals surface area contributed by atoms with Gasteiger partial charge in [-0.15, -0.1) is 0 Å². The lowest BCUT2D eigenvalue weighted by Crippen LogP contribution is -2.28. The molecule has 0 heterocycles. The molecule has 0 saturated carbocycles. The fraction of sp³-hybridized carbons (Fsp3) is 0.756. The van der Waals surface area contributed by atoms with E-state index in [0.717, 1.165) is 70.6 Å². The molecule has 0 aromatic heterocycles. The summed E-state index contributed by atoms with van der Waals surface area (Å²) in [5, 5.41) is 0. The average Bonchev–Trinajstić information content (AvgIpc) is 3.16. The Bertz CT molecular complexity index is 1010. The Morgan fingerprint density at radius 2 is 1.04 bits per heavy atom. The van der Waals surface area contributed by atoms with Crippen LogP contribution in [0.3, 0.4) is 0 Å². The number of hydrogen-bond donors (Lipinski definition) is 2. The second kappa shape index (κ2) is 42.3. The minimum atomic E-state index is -4.29. The molecule has 3 N–H and O–H groups in total. The van der Waals surface area contributed by atoms with Crippen LogP contribution in [0.15, 0.2) is 60.8 Å². The molecular weight excluding hydrogens is 697 g/mol. The minimum Gasteiger partial charge on any atom is -0.457 e. The SMILES string of the molecule is CC/C=C\C/C=C\C/C=C\C/C=C\C/C=C\CCCCOCC(COP(=O)(O)OCCN)OC(=O)CCCCCCCCCCCCCCCCCCC. The molecule has 0 aliphatic carbocycles. The van der Waals surface area contributed by atoms with Gasteiger partial charge in [0.2, 0.25) is 0 Å². The zero-order valence-electron chi connectivity index (χ0n) is 34.7. The highest BCUT2D eigenvalue weighted by Gasteiger charge is 2.25. The normalized spacial score (nSPS) is 14.1. The number of ether oxygens (including phenoxy) is 2. The van der Waals surface area contributed by atoms with Gasteiger partial charge in [0.05, 0.1) is 19.8 Å². The van der Waals surface area contributed by atoms with Crippen molar-refractivity contribution >= 4 is 13.8 Å². The highest BCUT2D eigenvalue weighted by atomic mass is 31.2. The largest absolute Gasteiger partial charge is 0.472 e. The predicted molar refractivity (Wildman–Crippen MR) is 229 cm³/mol. The summed E-state index contributed by atoms with van der Waals surface area (Å²) >= 11 is 0. The number of unbranched alkanes of at least 4 members (excludes halogenated alkanes) is 18. The van der Waals surface area contributed by atoms with Crippen LogP contribution >= 0.6 is 7.82 Å². The maximum atomic E-state index is 12.6. The number of nitrogens with two attached hydrogens (primary N) is 1. The summed E-state index contributed by atoms with van der Waals surface area (Å²) in [5.74, 6) is -0.345. The zero-order valence-corrected chi connectivity index (χ0v) is 35.6. The van der Waals surface area contributed by atoms with Crippen LogP contribution in [0.2, 0.25) is 0 Å². The van der Waals surface area contributed by atoms with E-state index >= 15 is 0 Å². The predicted octanol–water partition coefficient (Wildman–Crippen LogP) is 13.0. The van der Waals surface area contributed by atoms with Gasteiger partial charge in [0, 0.05) is 19.6 Å². The van der Waals surface area contributed by atoms with E-state index in [4.69, 9.17) is 24.3 Å². The molecule has 0 bridgehead atoms. The number of esters is 1. The fourth-order valence-corrected chi connectivity index (χ4v) is 6.55. The van der Waals surface area contributed by atoms with E-state index in [1.54, 1.807) is 0 Å². The smallest absolute Gasteiger partial charge is 0.457 e. The van der Waals surface area contributed by atoms with Gasteiger partial charge in [-0.3, -0.25) is 13.8 Å². The molecule has 0 radical (unpaired) electrons. The third-order valence-corrected chi connectivity index (χ3v) is 9.93. The quantitative estimate of drug-likeness (QED) is 0.0273. The monoisotopic (exact) mass is 780 g/mol. The number of carbonyl (C=O) groups is 1. The molecule has 0 aromatic rings. The van der Waals surface area contributed by atoms with Crippen LogP contribution in [-0.4, -0.2) is 49.9 Å². The van der Waals surface area contributed by atoms with Crippen LogP contribution in [0.5, 0.6) is 0 Å². The minimum absolute atomic E-state index is 0.0867. The molecule has 0 saturated heterocycles. The lowest BCUT2D eigenvalue weighted by Gasteiger charge is -2.20. The lowest BCUT2D eigenvalue weighted by molar-refractivity contribution is -0.154. The Kier molecular flexibility index (Phi) is 40.9. The number of hydrogen-bond acceptors (Lipinski definition) is 7. The van der Waals surface area contributed by atoms with Crippen LogP contribution in [-0.2, 0) is 27.9 Å². The zero-order chi connectivity index (χ0) is 39.5. The van der Waals surface area contributed by atoms with E-state index in [2.05, 4.69) is 74.6 Å². The van der Waals surface area contributed by atoms with Gasteiger partial charge in [-0.1, -0.05) is 177 Å². The fourth-order valence-electron chi connectivity index (χ4n) is 5.79. The number of phosphoric ester groups is 1. The van der Waals surface area contributed by atoms with E-state index in [0.29, 0.717) is 13.0 Å². The first kappa shape index (κ1) is 52.2. The van der Waals surface area contributed by atoms with Crippen molar-refractivity contribution in [3.05, 3.63) is 60.8 Å². The first-order chi connectivity index (χ1) is 26.4. The number of rotatable bonds is 41. The molecule has 0 aromatic carbocycles. The number of carbonyl (C=O) groups excluding carboxylic acids is 1. The average molecular weight is 780 g/mol. The van der Waals surface area contributed by atoms with Crippen LogP contribution in [0.1, 0.15) is 181 Å². The highest BCUT2D eigenvalue weighted by molar-refractivity contribution is 7.47. The summed E-state index contributed by atoms with van der Waals surface area (Å²) in [4.78, 5) is 22.5. The van der Waals surface area contributed by atoms with Gasteiger partial charge in [0.25, 0.3) is 0 Å². The maximum Gasteiger partial charge on any atom is 0.472 e. The molecular formula is C45H82NO7P. The van der Waals surface area contributed by atoms with Crippen molar-refractivity contribution in [3.8, 4) is 0 Å². The highest BCUT2D eigenvalue weighted by Crippen LogP contribution is 2.43. The molecule has 0 aliphatic rings. The Morgan fingerprint density at radius 3 is 1.52 bits per heavy atom. The van der Waals surface area contributed by atoms with Gasteiger partial charge in [-0.25, -0.2) is 4.57 Å². The van der Waals surface area contributed by atoms with Crippen molar-refractivity contribution in [1.29, 1.82) is 0 Å². The first-order valence-electron chi connectivity index (χ1n) is 21.8. The van der Waals surface area contributed by atoms with E-state index in [1.165, 1.54) is 89.9 Å². The van der Waals surface area contributed by atoms with Crippen LogP contribution in [0.25, 0.3) is 0 Å². The topological polar surface area (TPSA) is 117 Å². The molecule has 0 amide bonds. The van der Waals surface area contributed by atoms with Crippen molar-refractivity contribution in [2.24, 2.45) is 5.73 Å². The van der Waals surface area contributed by atoms with Crippen molar-refractivity contribution < 1.29 is 32.8 Å². The molecule has 0 aliphatic heterocycles. The molecule has 8 nitrogen and oxygen atoms in total. The third-order valence-electron chi connectivity index (χ3n) is 8.95. The van der Waals surface area contributed by atoms with Gasteiger partial charge < -0.3 is 20.1 Å². The molecule has 54 heavy (non-hydrogen) atoms. The van der Waals surface area contributed by atoms with Crippen molar-refractivity contribution in [2.45, 2.75) is 187 Å². The Morgan fingerprint density at radius 1 is 0.574 bits per heavy atom. The van der Waals surface area contributed by atoms with Crippen molar-refractivity contribution in [3.63, 3.8) is 0 Å². The molecule has 2 atom stereocenters. The summed E-state index contributed by atoms with van der Waals surface area (Å²) in [6.45, 7) is 4.70. The summed E-state index contributed by atoms with van der Waals surface area (Å²) < 4.78 is 33.4. The molecule has 0 rings (SSSR count). The van der Waals surface area contributed by atoms with Crippen LogP contribution in [0.4, 0.5) is 0 Å². The summed E-state index contributed by atoms with van der Waals surface area (Å²) in [7, 11) is -4.29. The summed E-state index contributed by atoms with van der Waals surface area (Å²) in [6, 6.07) is 0. The van der Waals surface area contributed by atoms with E-state index in [-0.39, 0.29) is 32.3 Å². The first-order valence-corrected chi connectivity index (χ1v) is 23.3. The van der Waals surface area contributed by atoms with Crippen molar-refractivity contribution in [2.75, 3.05) is 33.0 Å². The van der Waals surface area contributed by atoms with Gasteiger partial charge in [-0.05, 0) is 57.8 Å². The second-order valence-electron chi connectivity index (χ2n) is 14.2. The molecule has 0 fully saturated rings. The van der Waals surface area contributed by atoms with Crippen molar-refractivity contribution in [1.82, 2.24) is 0 Å². The second-order valence-corrected chi connectivity index (χ2v) is 15.6. The number of phosphoric acid groups is 1. The van der Waals surface area contributed by atoms with Crippen LogP contribution in [0, 0.1) is 0 Å². The summed E-state index contributed by atoms with van der Waals surface area (Å²) in [6.07, 6.45) is 51.0. The van der Waals surface area contributed by atoms with E-state index < -0.39 is 13.9 Å². The van der Waals surface area contributed by atoms with Gasteiger partial charge >= 0.3 is 13.8 Å². The maximum absolute atomic E-state index is 12.6.